The van der Waals surface area contributed by atoms with Gasteiger partial charge in [0, 0.05) is 16.3 Å². The number of hydrogen-bond acceptors (Lipinski definition) is 3. The maximum Gasteiger partial charge on any atom is 0.352 e. The van der Waals surface area contributed by atoms with E-state index < -0.39 is 11.8 Å². The summed E-state index contributed by atoms with van der Waals surface area (Å²) in [6.07, 6.45) is 1.16. The van der Waals surface area contributed by atoms with Gasteiger partial charge in [-0.15, -0.1) is 0 Å². The number of carboxylic acid groups (broad SMARTS) is 1. The van der Waals surface area contributed by atoms with E-state index in [1.807, 2.05) is 60.7 Å². The van der Waals surface area contributed by atoms with Crippen LogP contribution in [0.3, 0.4) is 0 Å². The molecule has 0 saturated carbocycles. The summed E-state index contributed by atoms with van der Waals surface area (Å²) in [5.41, 5.74) is 2.89. The molecule has 0 spiro atoms. The second kappa shape index (κ2) is 9.50. The molecule has 6 heteroatoms. The number of nitrogens with one attached hydrogen (secondary N) is 1. The molecule has 0 aliphatic carbocycles. The van der Waals surface area contributed by atoms with Gasteiger partial charge in [0.25, 0.3) is 0 Å². The third-order valence-electron chi connectivity index (χ3n) is 6.20. The monoisotopic (exact) mass is 469 g/mol. The van der Waals surface area contributed by atoms with Crippen molar-refractivity contribution in [3.05, 3.63) is 95.9 Å². The molecule has 4 aromatic carbocycles. The van der Waals surface area contributed by atoms with Gasteiger partial charge in [-0.05, 0) is 47.6 Å². The van der Waals surface area contributed by atoms with Crippen LogP contribution in [0.25, 0.3) is 32.8 Å². The third-order valence-corrected chi connectivity index (χ3v) is 6.20. The zero-order valence-electron chi connectivity index (χ0n) is 19.2. The largest absolute Gasteiger partial charge is 0.494 e. The zero-order valence-corrected chi connectivity index (χ0v) is 19.2. The van der Waals surface area contributed by atoms with Gasteiger partial charge >= 0.3 is 5.97 Å². The Morgan fingerprint density at radius 3 is 2.51 bits per heavy atom. The Balaban J connectivity index is 1.42. The highest BCUT2D eigenvalue weighted by Gasteiger charge is 2.19. The number of aromatic amines is 1. The average Bonchev–Trinajstić information content (AvgIpc) is 3.25. The lowest BCUT2D eigenvalue weighted by Gasteiger charge is -2.10. The first kappa shape index (κ1) is 22.5. The van der Waals surface area contributed by atoms with Gasteiger partial charge in [0.05, 0.1) is 19.2 Å². The van der Waals surface area contributed by atoms with E-state index in [4.69, 9.17) is 9.47 Å². The molecule has 0 aliphatic rings. The van der Waals surface area contributed by atoms with E-state index in [0.29, 0.717) is 36.1 Å². The molecule has 5 aromatic rings. The molecular weight excluding hydrogens is 445 g/mol. The van der Waals surface area contributed by atoms with Crippen LogP contribution in [0.1, 0.15) is 22.5 Å². The molecule has 0 fully saturated rings. The number of H-pyrrole nitrogens is 1. The number of carbonyl (C=O) groups is 1. The normalized spacial score (nSPS) is 11.1. The standard InChI is InChI=1S/C29H24FNO4/c1-34-26-15-14-19(17-24(26)30)21-10-5-11-22-23(28(29(32)33)31-27(21)22)12-6-16-35-25-13-4-8-18-7-2-3-9-20(18)25/h2-5,7-11,13-15,17,31H,6,12,16H2,1H3,(H,32,33). The smallest absolute Gasteiger partial charge is 0.352 e. The summed E-state index contributed by atoms with van der Waals surface area (Å²) < 4.78 is 25.4. The predicted octanol–water partition coefficient (Wildman–Crippen LogP) is 6.85. The first-order valence-corrected chi connectivity index (χ1v) is 11.4. The summed E-state index contributed by atoms with van der Waals surface area (Å²) >= 11 is 0. The molecule has 0 radical (unpaired) electrons. The number of aromatic carboxylic acids is 1. The minimum atomic E-state index is -1.03. The SMILES string of the molecule is COc1ccc(-c2cccc3c(CCCOc4cccc5ccccc45)c(C(=O)O)[nH]c23)cc1F. The van der Waals surface area contributed by atoms with Crippen LogP contribution in [0.15, 0.2) is 78.9 Å². The van der Waals surface area contributed by atoms with Gasteiger partial charge in [-0.1, -0.05) is 60.7 Å². The van der Waals surface area contributed by atoms with E-state index in [1.54, 1.807) is 12.1 Å². The Morgan fingerprint density at radius 1 is 0.943 bits per heavy atom. The molecule has 5 rings (SSSR count). The lowest BCUT2D eigenvalue weighted by Crippen LogP contribution is -2.04. The maximum atomic E-state index is 14.3. The molecule has 35 heavy (non-hydrogen) atoms. The van der Waals surface area contributed by atoms with Gasteiger partial charge in [-0.3, -0.25) is 0 Å². The van der Waals surface area contributed by atoms with Crippen molar-refractivity contribution in [2.45, 2.75) is 12.8 Å². The molecule has 176 valence electrons. The number of methoxy groups -OCH3 is 1. The minimum Gasteiger partial charge on any atom is -0.494 e. The van der Waals surface area contributed by atoms with E-state index in [9.17, 15) is 14.3 Å². The Bertz CT molecular complexity index is 1530. The third kappa shape index (κ3) is 4.30. The predicted molar refractivity (Wildman–Crippen MR) is 135 cm³/mol. The van der Waals surface area contributed by atoms with E-state index in [2.05, 4.69) is 4.98 Å². The van der Waals surface area contributed by atoms with E-state index in [1.165, 1.54) is 13.2 Å². The minimum absolute atomic E-state index is 0.145. The summed E-state index contributed by atoms with van der Waals surface area (Å²) in [6, 6.07) is 24.3. The number of aromatic nitrogens is 1. The van der Waals surface area contributed by atoms with Crippen LogP contribution in [0.2, 0.25) is 0 Å². The summed E-state index contributed by atoms with van der Waals surface area (Å²) in [7, 11) is 1.42. The van der Waals surface area contributed by atoms with Gasteiger partial charge in [-0.25, -0.2) is 9.18 Å². The zero-order chi connectivity index (χ0) is 24.4. The summed E-state index contributed by atoms with van der Waals surface area (Å²) in [5.74, 6) is -0.536. The van der Waals surface area contributed by atoms with Crippen LogP contribution in [-0.2, 0) is 6.42 Å². The lowest BCUT2D eigenvalue weighted by atomic mass is 9.99. The van der Waals surface area contributed by atoms with Crippen LogP contribution in [0.4, 0.5) is 4.39 Å². The van der Waals surface area contributed by atoms with Crippen LogP contribution in [0, 0.1) is 5.82 Å². The van der Waals surface area contributed by atoms with Crippen LogP contribution >= 0.6 is 0 Å². The van der Waals surface area contributed by atoms with Gasteiger partial charge in [0.2, 0.25) is 0 Å². The van der Waals surface area contributed by atoms with Gasteiger partial charge < -0.3 is 19.6 Å². The number of rotatable bonds is 8. The number of halogens is 1. The van der Waals surface area contributed by atoms with Crippen molar-refractivity contribution in [3.63, 3.8) is 0 Å². The van der Waals surface area contributed by atoms with E-state index >= 15 is 0 Å². The molecule has 1 heterocycles. The average molecular weight is 470 g/mol. The van der Waals surface area contributed by atoms with E-state index in [-0.39, 0.29) is 11.4 Å². The Hall–Kier alpha value is -4.32. The van der Waals surface area contributed by atoms with Crippen molar-refractivity contribution >= 4 is 27.6 Å². The van der Waals surface area contributed by atoms with Crippen molar-refractivity contribution in [2.24, 2.45) is 0 Å². The summed E-state index contributed by atoms with van der Waals surface area (Å²) in [5, 5.41) is 12.8. The lowest BCUT2D eigenvalue weighted by molar-refractivity contribution is 0.0690. The number of carboxylic acids is 1. The quantitative estimate of drug-likeness (QED) is 0.244. The molecule has 0 aliphatic heterocycles. The van der Waals surface area contributed by atoms with Gasteiger partial charge in [0.1, 0.15) is 11.4 Å². The maximum absolute atomic E-state index is 14.3. The highest BCUT2D eigenvalue weighted by atomic mass is 19.1. The number of ether oxygens (including phenoxy) is 2. The Labute approximate surface area is 201 Å². The number of benzene rings is 4. The number of fused-ring (bicyclic) bond motifs is 2. The molecule has 0 amide bonds. The number of aryl methyl sites for hydroxylation is 1. The van der Waals surface area contributed by atoms with Crippen molar-refractivity contribution < 1.29 is 23.8 Å². The highest BCUT2D eigenvalue weighted by Crippen LogP contribution is 2.34. The molecule has 5 nitrogen and oxygen atoms in total. The van der Waals surface area contributed by atoms with Crippen LogP contribution < -0.4 is 9.47 Å². The number of hydrogen-bond donors (Lipinski definition) is 2. The molecule has 0 bridgehead atoms. The summed E-state index contributed by atoms with van der Waals surface area (Å²) in [4.78, 5) is 15.1. The Kier molecular flexibility index (Phi) is 6.10. The molecule has 0 atom stereocenters. The second-order valence-corrected chi connectivity index (χ2v) is 8.29. The molecule has 2 N–H and O–H groups in total. The first-order chi connectivity index (χ1) is 17.1. The first-order valence-electron chi connectivity index (χ1n) is 11.4. The fraction of sp³-hybridized carbons (Fsp3) is 0.138. The molecule has 1 aromatic heterocycles. The number of para-hydroxylation sites is 1. The van der Waals surface area contributed by atoms with Crippen LogP contribution in [0.5, 0.6) is 11.5 Å². The van der Waals surface area contributed by atoms with Crippen molar-refractivity contribution in [2.75, 3.05) is 13.7 Å². The molecule has 0 unspecified atom stereocenters. The van der Waals surface area contributed by atoms with Crippen molar-refractivity contribution in [1.82, 2.24) is 4.98 Å². The van der Waals surface area contributed by atoms with Crippen molar-refractivity contribution in [3.8, 4) is 22.6 Å². The van der Waals surface area contributed by atoms with Crippen molar-refractivity contribution in [1.29, 1.82) is 0 Å². The van der Waals surface area contributed by atoms with Gasteiger partial charge in [-0.2, -0.15) is 0 Å². The fourth-order valence-electron chi connectivity index (χ4n) is 4.54. The molecular formula is C29H24FNO4. The summed E-state index contributed by atoms with van der Waals surface area (Å²) in [6.45, 7) is 0.448. The molecule has 0 saturated heterocycles. The van der Waals surface area contributed by atoms with Crippen LogP contribution in [-0.4, -0.2) is 29.8 Å². The Morgan fingerprint density at radius 2 is 1.71 bits per heavy atom. The van der Waals surface area contributed by atoms with E-state index in [0.717, 1.165) is 27.5 Å². The highest BCUT2D eigenvalue weighted by molar-refractivity contribution is 6.03. The fourth-order valence-corrected chi connectivity index (χ4v) is 4.54. The topological polar surface area (TPSA) is 71.6 Å². The second-order valence-electron chi connectivity index (χ2n) is 8.29. The van der Waals surface area contributed by atoms with Gasteiger partial charge in [0.15, 0.2) is 11.6 Å².